The Morgan fingerprint density at radius 2 is 2.14 bits per heavy atom. The summed E-state index contributed by atoms with van der Waals surface area (Å²) in [6.45, 7) is 12.7. The molecule has 2 unspecified atom stereocenters. The molecule has 1 aliphatic rings. The van der Waals surface area contributed by atoms with Crippen LogP contribution in [-0.4, -0.2) is 16.6 Å². The van der Waals surface area contributed by atoms with Gasteiger partial charge in [0.2, 0.25) is 0 Å². The van der Waals surface area contributed by atoms with Crippen molar-refractivity contribution in [3.63, 3.8) is 0 Å². The van der Waals surface area contributed by atoms with Crippen LogP contribution in [0.2, 0.25) is 0 Å². The molecule has 0 bridgehead atoms. The first kappa shape index (κ1) is 17.2. The molecule has 0 saturated heterocycles. The highest BCUT2D eigenvalue weighted by molar-refractivity contribution is 5.77. The number of nitrogens with zero attached hydrogens (tertiary/aromatic N) is 1. The highest BCUT2D eigenvalue weighted by Crippen LogP contribution is 2.43. The molecule has 3 nitrogen and oxygen atoms in total. The maximum atomic E-state index is 6.42. The Balaban J connectivity index is 2.46. The molecule has 3 heteroatoms. The van der Waals surface area contributed by atoms with Crippen LogP contribution in [0.3, 0.4) is 0 Å². The fourth-order valence-corrected chi connectivity index (χ4v) is 3.35. The van der Waals surface area contributed by atoms with Crippen LogP contribution in [0.4, 0.5) is 0 Å². The second kappa shape index (κ2) is 6.13. The molecular formula is C19H30N2O. The first-order valence-corrected chi connectivity index (χ1v) is 8.32. The summed E-state index contributed by atoms with van der Waals surface area (Å²) in [7, 11) is 0. The summed E-state index contributed by atoms with van der Waals surface area (Å²) in [5.41, 5.74) is 10.3. The summed E-state index contributed by atoms with van der Waals surface area (Å²) in [6, 6.07) is 2.14. The number of rotatable bonds is 5. The summed E-state index contributed by atoms with van der Waals surface area (Å²) in [5.74, 6) is 0. The van der Waals surface area contributed by atoms with Gasteiger partial charge in [-0.2, -0.15) is 0 Å². The highest BCUT2D eigenvalue weighted by Gasteiger charge is 2.37. The van der Waals surface area contributed by atoms with Gasteiger partial charge in [-0.1, -0.05) is 19.4 Å². The monoisotopic (exact) mass is 302 g/mol. The quantitative estimate of drug-likeness (QED) is 0.880. The average molecular weight is 302 g/mol. The molecule has 0 saturated carbocycles. The Labute approximate surface area is 135 Å². The molecule has 2 N–H and O–H groups in total. The molecule has 0 aromatic carbocycles. The third-order valence-electron chi connectivity index (χ3n) is 4.45. The molecule has 0 radical (unpaired) electrons. The SMILES string of the molecule is CCCC(C)OC1(C)CC=C(C(C)(C)N)c2cc(C)ncc21. The molecule has 0 aliphatic heterocycles. The zero-order valence-electron chi connectivity index (χ0n) is 14.9. The molecule has 1 aliphatic carbocycles. The van der Waals surface area contributed by atoms with Crippen molar-refractivity contribution in [1.29, 1.82) is 0 Å². The number of ether oxygens (including phenoxy) is 1. The highest BCUT2D eigenvalue weighted by atomic mass is 16.5. The van der Waals surface area contributed by atoms with E-state index in [9.17, 15) is 0 Å². The minimum absolute atomic E-state index is 0.241. The van der Waals surface area contributed by atoms with Crippen LogP contribution in [0.1, 0.15) is 70.7 Å². The predicted octanol–water partition coefficient (Wildman–Crippen LogP) is 4.33. The van der Waals surface area contributed by atoms with E-state index >= 15 is 0 Å². The van der Waals surface area contributed by atoms with E-state index in [1.54, 1.807) is 0 Å². The van der Waals surface area contributed by atoms with E-state index in [0.717, 1.165) is 30.5 Å². The van der Waals surface area contributed by atoms with Gasteiger partial charge in [-0.15, -0.1) is 0 Å². The maximum absolute atomic E-state index is 6.42. The third kappa shape index (κ3) is 3.41. The van der Waals surface area contributed by atoms with Crippen molar-refractivity contribution >= 4 is 5.57 Å². The number of aromatic nitrogens is 1. The Morgan fingerprint density at radius 3 is 2.73 bits per heavy atom. The van der Waals surface area contributed by atoms with E-state index in [1.165, 1.54) is 11.1 Å². The molecule has 0 amide bonds. The average Bonchev–Trinajstić information content (AvgIpc) is 2.36. The van der Waals surface area contributed by atoms with Crippen molar-refractivity contribution in [3.05, 3.63) is 35.2 Å². The molecule has 1 heterocycles. The van der Waals surface area contributed by atoms with Crippen LogP contribution in [0.25, 0.3) is 5.57 Å². The van der Waals surface area contributed by atoms with Crippen LogP contribution in [-0.2, 0) is 10.3 Å². The number of pyridine rings is 1. The van der Waals surface area contributed by atoms with Crippen molar-refractivity contribution in [2.24, 2.45) is 5.73 Å². The fourth-order valence-electron chi connectivity index (χ4n) is 3.35. The molecule has 2 atom stereocenters. The predicted molar refractivity (Wildman–Crippen MR) is 92.6 cm³/mol. The molecular weight excluding hydrogens is 272 g/mol. The zero-order valence-corrected chi connectivity index (χ0v) is 14.9. The summed E-state index contributed by atoms with van der Waals surface area (Å²) in [6.07, 6.45) is 7.51. The molecule has 1 aromatic heterocycles. The largest absolute Gasteiger partial charge is 0.367 e. The normalized spacial score (nSPS) is 23.0. The van der Waals surface area contributed by atoms with Crippen LogP contribution in [0.5, 0.6) is 0 Å². The molecule has 1 aromatic rings. The lowest BCUT2D eigenvalue weighted by molar-refractivity contribution is -0.0828. The minimum Gasteiger partial charge on any atom is -0.367 e. The van der Waals surface area contributed by atoms with Gasteiger partial charge in [0.15, 0.2) is 0 Å². The van der Waals surface area contributed by atoms with E-state index in [1.807, 2.05) is 13.1 Å². The van der Waals surface area contributed by atoms with Crippen LogP contribution >= 0.6 is 0 Å². The smallest absolute Gasteiger partial charge is 0.0962 e. The second-order valence-electron chi connectivity index (χ2n) is 7.36. The second-order valence-corrected chi connectivity index (χ2v) is 7.36. The molecule has 0 spiro atoms. The van der Waals surface area contributed by atoms with Gasteiger partial charge < -0.3 is 10.5 Å². The summed E-state index contributed by atoms with van der Waals surface area (Å²) in [4.78, 5) is 4.51. The zero-order chi connectivity index (χ0) is 16.5. The van der Waals surface area contributed by atoms with Gasteiger partial charge >= 0.3 is 0 Å². The van der Waals surface area contributed by atoms with Gasteiger partial charge in [-0.05, 0) is 64.7 Å². The number of nitrogens with two attached hydrogens (primary N) is 1. The van der Waals surface area contributed by atoms with Crippen LogP contribution in [0, 0.1) is 6.92 Å². The first-order chi connectivity index (χ1) is 10.2. The minimum atomic E-state index is -0.362. The lowest BCUT2D eigenvalue weighted by atomic mass is 9.75. The Morgan fingerprint density at radius 1 is 1.45 bits per heavy atom. The lowest BCUT2D eigenvalue weighted by Gasteiger charge is -2.40. The number of fused-ring (bicyclic) bond motifs is 1. The van der Waals surface area contributed by atoms with Gasteiger partial charge in [-0.25, -0.2) is 0 Å². The molecule has 122 valence electrons. The number of hydrogen-bond acceptors (Lipinski definition) is 3. The topological polar surface area (TPSA) is 48.1 Å². The molecule has 22 heavy (non-hydrogen) atoms. The van der Waals surface area contributed by atoms with Crippen molar-refractivity contribution in [3.8, 4) is 0 Å². The molecule has 0 fully saturated rings. The van der Waals surface area contributed by atoms with E-state index in [-0.39, 0.29) is 17.2 Å². The Hall–Kier alpha value is -1.19. The summed E-state index contributed by atoms with van der Waals surface area (Å²) in [5, 5.41) is 0. The molecule has 2 rings (SSSR count). The van der Waals surface area contributed by atoms with Crippen LogP contribution < -0.4 is 5.73 Å². The number of hydrogen-bond donors (Lipinski definition) is 1. The van der Waals surface area contributed by atoms with E-state index in [4.69, 9.17) is 10.5 Å². The first-order valence-electron chi connectivity index (χ1n) is 8.32. The standard InChI is InChI=1S/C19H30N2O/c1-7-8-14(3)22-19(6)10-9-16(18(4,5)20)15-11-13(2)21-12-17(15)19/h9,11-12,14H,7-8,10,20H2,1-6H3. The van der Waals surface area contributed by atoms with Crippen molar-refractivity contribution < 1.29 is 4.74 Å². The van der Waals surface area contributed by atoms with E-state index < -0.39 is 0 Å². The van der Waals surface area contributed by atoms with Crippen LogP contribution in [0.15, 0.2) is 18.3 Å². The van der Waals surface area contributed by atoms with Gasteiger partial charge in [-0.3, -0.25) is 4.98 Å². The summed E-state index contributed by atoms with van der Waals surface area (Å²) >= 11 is 0. The van der Waals surface area contributed by atoms with Gasteiger partial charge in [0.05, 0.1) is 11.7 Å². The van der Waals surface area contributed by atoms with Gasteiger partial charge in [0.25, 0.3) is 0 Å². The van der Waals surface area contributed by atoms with Crippen molar-refractivity contribution in [2.45, 2.75) is 78.0 Å². The van der Waals surface area contributed by atoms with Crippen molar-refractivity contribution in [2.75, 3.05) is 0 Å². The fraction of sp³-hybridized carbons (Fsp3) is 0.632. The van der Waals surface area contributed by atoms with Crippen molar-refractivity contribution in [1.82, 2.24) is 4.98 Å². The third-order valence-corrected chi connectivity index (χ3v) is 4.45. The van der Waals surface area contributed by atoms with Gasteiger partial charge in [0.1, 0.15) is 0 Å². The number of aryl methyl sites for hydroxylation is 1. The van der Waals surface area contributed by atoms with Gasteiger partial charge in [0, 0.05) is 23.0 Å². The summed E-state index contributed by atoms with van der Waals surface area (Å²) < 4.78 is 6.42. The lowest BCUT2D eigenvalue weighted by Crippen LogP contribution is -2.39. The Kier molecular flexibility index (Phi) is 4.78. The Bertz CT molecular complexity index is 571. The van der Waals surface area contributed by atoms with E-state index in [0.29, 0.717) is 0 Å². The maximum Gasteiger partial charge on any atom is 0.0962 e. The van der Waals surface area contributed by atoms with E-state index in [2.05, 4.69) is 51.7 Å².